The molecule has 2 fully saturated rings. The van der Waals surface area contributed by atoms with Gasteiger partial charge in [-0.15, -0.1) is 0 Å². The third kappa shape index (κ3) is 4.49. The summed E-state index contributed by atoms with van der Waals surface area (Å²) in [5.41, 5.74) is 0.716. The molecule has 1 aliphatic heterocycles. The highest BCUT2D eigenvalue weighted by Crippen LogP contribution is 2.38. The maximum atomic E-state index is 13.5. The van der Waals surface area contributed by atoms with Crippen molar-refractivity contribution >= 4 is 17.8 Å². The molecule has 1 spiro atoms. The third-order valence-electron chi connectivity index (χ3n) is 7.16. The first kappa shape index (κ1) is 23.0. The first-order chi connectivity index (χ1) is 15.8. The molecular weight excluding hydrogens is 421 g/mol. The average Bonchev–Trinajstić information content (AvgIpc) is 3.05. The fourth-order valence-corrected chi connectivity index (χ4v) is 5.05. The molecule has 4 amide bonds. The van der Waals surface area contributed by atoms with Gasteiger partial charge in [0.25, 0.3) is 5.91 Å². The lowest BCUT2D eigenvalue weighted by Gasteiger charge is -2.34. The normalized spacial score (nSPS) is 23.5. The second-order valence-corrected chi connectivity index (χ2v) is 9.12. The molecule has 2 aliphatic rings. The van der Waals surface area contributed by atoms with Crippen LogP contribution in [0.1, 0.15) is 56.2 Å². The lowest BCUT2D eigenvalue weighted by atomic mass is 9.75. The van der Waals surface area contributed by atoms with Crippen LogP contribution in [-0.2, 0) is 9.59 Å². The summed E-state index contributed by atoms with van der Waals surface area (Å²) >= 11 is 0. The molecule has 0 radical (unpaired) electrons. The third-order valence-corrected chi connectivity index (χ3v) is 7.16. The quantitative estimate of drug-likeness (QED) is 0.667. The smallest absolute Gasteiger partial charge is 0.325 e. The van der Waals surface area contributed by atoms with Crippen molar-refractivity contribution in [3.8, 4) is 0 Å². The molecule has 4 rings (SSSR count). The molecule has 2 aromatic rings. The molecular formula is C26H30FN3O3. The molecule has 1 N–H and O–H groups in total. The molecule has 1 saturated carbocycles. The van der Waals surface area contributed by atoms with Crippen molar-refractivity contribution in [2.75, 3.05) is 13.6 Å². The Hall–Kier alpha value is -3.22. The molecule has 1 heterocycles. The van der Waals surface area contributed by atoms with Crippen molar-refractivity contribution in [2.45, 2.75) is 50.6 Å². The van der Waals surface area contributed by atoms with Crippen LogP contribution in [0, 0.1) is 11.7 Å². The number of likely N-dealkylation sites (N-methyl/N-ethyl adjacent to an activating group) is 1. The topological polar surface area (TPSA) is 69.7 Å². The monoisotopic (exact) mass is 451 g/mol. The molecule has 1 saturated heterocycles. The van der Waals surface area contributed by atoms with Gasteiger partial charge in [0.15, 0.2) is 0 Å². The minimum Gasteiger partial charge on any atom is -0.333 e. The van der Waals surface area contributed by atoms with E-state index in [0.717, 1.165) is 35.3 Å². The summed E-state index contributed by atoms with van der Waals surface area (Å²) in [5, 5.41) is 2.88. The SMILES string of the molecule is CCC1CCC2(CC1)NC(=O)N(CC(=O)N(C)C(c1ccccc1)c1ccc(F)cc1)C2=O. The van der Waals surface area contributed by atoms with Gasteiger partial charge in [0.2, 0.25) is 5.91 Å². The molecule has 33 heavy (non-hydrogen) atoms. The van der Waals surface area contributed by atoms with Crippen molar-refractivity contribution in [1.29, 1.82) is 0 Å². The number of hydrogen-bond acceptors (Lipinski definition) is 3. The van der Waals surface area contributed by atoms with E-state index in [0.29, 0.717) is 18.8 Å². The molecule has 174 valence electrons. The van der Waals surface area contributed by atoms with Gasteiger partial charge in [-0.05, 0) is 54.9 Å². The fraction of sp³-hybridized carbons (Fsp3) is 0.423. The number of amides is 4. The second-order valence-electron chi connectivity index (χ2n) is 9.12. The van der Waals surface area contributed by atoms with Crippen LogP contribution in [0.25, 0.3) is 0 Å². The minimum absolute atomic E-state index is 0.304. The summed E-state index contributed by atoms with van der Waals surface area (Å²) in [6.45, 7) is 1.81. The summed E-state index contributed by atoms with van der Waals surface area (Å²) in [6.07, 6.45) is 4.07. The van der Waals surface area contributed by atoms with Crippen LogP contribution in [0.2, 0.25) is 0 Å². The lowest BCUT2D eigenvalue weighted by molar-refractivity contribution is -0.139. The number of halogens is 1. The summed E-state index contributed by atoms with van der Waals surface area (Å²) in [5.74, 6) is -0.454. The van der Waals surface area contributed by atoms with Gasteiger partial charge in [-0.1, -0.05) is 55.8 Å². The van der Waals surface area contributed by atoms with E-state index < -0.39 is 17.6 Å². The minimum atomic E-state index is -0.878. The number of carbonyl (C=O) groups excluding carboxylic acids is 3. The lowest BCUT2D eigenvalue weighted by Crippen LogP contribution is -2.50. The van der Waals surface area contributed by atoms with Crippen LogP contribution in [0.15, 0.2) is 54.6 Å². The highest BCUT2D eigenvalue weighted by molar-refractivity contribution is 6.09. The Labute approximate surface area is 193 Å². The number of nitrogens with one attached hydrogen (secondary N) is 1. The highest BCUT2D eigenvalue weighted by Gasteiger charge is 2.52. The van der Waals surface area contributed by atoms with E-state index in [1.54, 1.807) is 19.2 Å². The van der Waals surface area contributed by atoms with E-state index in [4.69, 9.17) is 0 Å². The second kappa shape index (κ2) is 9.33. The summed E-state index contributed by atoms with van der Waals surface area (Å²) in [4.78, 5) is 41.8. The molecule has 1 atom stereocenters. The Kier molecular flexibility index (Phi) is 6.49. The maximum Gasteiger partial charge on any atom is 0.325 e. The highest BCUT2D eigenvalue weighted by atomic mass is 19.1. The summed E-state index contributed by atoms with van der Waals surface area (Å²) < 4.78 is 13.5. The van der Waals surface area contributed by atoms with Gasteiger partial charge < -0.3 is 10.2 Å². The van der Waals surface area contributed by atoms with Gasteiger partial charge in [-0.3, -0.25) is 14.5 Å². The standard InChI is InChI=1S/C26H30FN3O3/c1-3-18-13-15-26(16-14-18)24(32)30(25(33)28-26)17-22(31)29(2)23(19-7-5-4-6-8-19)20-9-11-21(27)12-10-20/h4-12,18,23H,3,13-17H2,1-2H3,(H,28,33). The number of rotatable bonds is 6. The molecule has 2 aromatic carbocycles. The average molecular weight is 452 g/mol. The molecule has 1 unspecified atom stereocenters. The van der Waals surface area contributed by atoms with Crippen LogP contribution in [0.5, 0.6) is 0 Å². The zero-order chi connectivity index (χ0) is 23.6. The van der Waals surface area contributed by atoms with Crippen LogP contribution < -0.4 is 5.32 Å². The number of benzene rings is 2. The Bertz CT molecular complexity index is 1020. The Morgan fingerprint density at radius 2 is 1.70 bits per heavy atom. The maximum absolute atomic E-state index is 13.5. The Morgan fingerprint density at radius 3 is 2.30 bits per heavy atom. The van der Waals surface area contributed by atoms with E-state index in [-0.39, 0.29) is 24.2 Å². The summed E-state index contributed by atoms with van der Waals surface area (Å²) in [6, 6.07) is 14.4. The van der Waals surface area contributed by atoms with Gasteiger partial charge >= 0.3 is 6.03 Å². The Morgan fingerprint density at radius 1 is 1.09 bits per heavy atom. The van der Waals surface area contributed by atoms with Crippen LogP contribution in [0.3, 0.4) is 0 Å². The predicted molar refractivity (Wildman–Crippen MR) is 123 cm³/mol. The molecule has 0 aromatic heterocycles. The molecule has 6 nitrogen and oxygen atoms in total. The van der Waals surface area contributed by atoms with Gasteiger partial charge in [-0.2, -0.15) is 0 Å². The van der Waals surface area contributed by atoms with Crippen molar-refractivity contribution in [3.05, 3.63) is 71.5 Å². The van der Waals surface area contributed by atoms with Gasteiger partial charge in [0.05, 0.1) is 6.04 Å². The fourth-order valence-electron chi connectivity index (χ4n) is 5.05. The van der Waals surface area contributed by atoms with Crippen molar-refractivity contribution in [1.82, 2.24) is 15.1 Å². The number of urea groups is 1. The number of nitrogens with zero attached hydrogens (tertiary/aromatic N) is 2. The van der Waals surface area contributed by atoms with Crippen molar-refractivity contribution in [2.24, 2.45) is 5.92 Å². The van der Waals surface area contributed by atoms with E-state index in [2.05, 4.69) is 12.2 Å². The van der Waals surface area contributed by atoms with Gasteiger partial charge in [0, 0.05) is 7.05 Å². The van der Waals surface area contributed by atoms with Crippen LogP contribution in [-0.4, -0.2) is 46.8 Å². The zero-order valence-corrected chi connectivity index (χ0v) is 19.1. The van der Waals surface area contributed by atoms with Crippen LogP contribution >= 0.6 is 0 Å². The van der Waals surface area contributed by atoms with Crippen molar-refractivity contribution in [3.63, 3.8) is 0 Å². The van der Waals surface area contributed by atoms with E-state index >= 15 is 0 Å². The van der Waals surface area contributed by atoms with Crippen molar-refractivity contribution < 1.29 is 18.8 Å². The molecule has 1 aliphatic carbocycles. The number of carbonyl (C=O) groups is 3. The summed E-state index contributed by atoms with van der Waals surface area (Å²) in [7, 11) is 1.64. The number of hydrogen-bond donors (Lipinski definition) is 1. The van der Waals surface area contributed by atoms with Gasteiger partial charge in [-0.25, -0.2) is 9.18 Å². The van der Waals surface area contributed by atoms with E-state index in [1.807, 2.05) is 30.3 Å². The first-order valence-electron chi connectivity index (χ1n) is 11.5. The molecule has 0 bridgehead atoms. The zero-order valence-electron chi connectivity index (χ0n) is 19.1. The van der Waals surface area contributed by atoms with E-state index in [9.17, 15) is 18.8 Å². The molecule has 7 heteroatoms. The van der Waals surface area contributed by atoms with Crippen LogP contribution in [0.4, 0.5) is 9.18 Å². The number of imide groups is 1. The Balaban J connectivity index is 1.53. The largest absolute Gasteiger partial charge is 0.333 e. The van der Waals surface area contributed by atoms with Gasteiger partial charge in [0.1, 0.15) is 17.9 Å². The predicted octanol–water partition coefficient (Wildman–Crippen LogP) is 4.26. The first-order valence-corrected chi connectivity index (χ1v) is 11.5. The van der Waals surface area contributed by atoms with E-state index in [1.165, 1.54) is 17.0 Å².